The Hall–Kier alpha value is -1.42. The summed E-state index contributed by atoms with van der Waals surface area (Å²) in [5.74, 6) is 0. The summed E-state index contributed by atoms with van der Waals surface area (Å²) >= 11 is 1.74. The van der Waals surface area contributed by atoms with Crippen LogP contribution in [0.4, 0.5) is 5.69 Å². The van der Waals surface area contributed by atoms with Crippen molar-refractivity contribution >= 4 is 17.4 Å². The van der Waals surface area contributed by atoms with Crippen LogP contribution in [-0.4, -0.2) is 16.1 Å². The first-order valence-corrected chi connectivity index (χ1v) is 5.52. The molecule has 2 aromatic rings. The van der Waals surface area contributed by atoms with Gasteiger partial charge in [-0.3, -0.25) is 5.43 Å². The summed E-state index contributed by atoms with van der Waals surface area (Å²) in [7, 11) is 0. The predicted molar refractivity (Wildman–Crippen MR) is 59.5 cm³/mol. The Morgan fingerprint density at radius 1 is 1.29 bits per heavy atom. The molecular formula is C10H11N3S. The quantitative estimate of drug-likeness (QED) is 0.781. The van der Waals surface area contributed by atoms with Crippen LogP contribution in [0.5, 0.6) is 0 Å². The highest BCUT2D eigenvalue weighted by molar-refractivity contribution is 7.98. The van der Waals surface area contributed by atoms with Crippen LogP contribution in [0, 0.1) is 0 Å². The van der Waals surface area contributed by atoms with Gasteiger partial charge in [0.05, 0.1) is 11.9 Å². The zero-order valence-corrected chi connectivity index (χ0v) is 8.66. The van der Waals surface area contributed by atoms with Crippen molar-refractivity contribution in [3.05, 3.63) is 42.7 Å². The fourth-order valence-corrected chi connectivity index (χ4v) is 1.54. The van der Waals surface area contributed by atoms with Crippen LogP contribution in [0.25, 0.3) is 0 Å². The topological polar surface area (TPSA) is 29.9 Å². The number of thioether (sulfide) groups is 1. The SMILES string of the molecule is CSc1ccc(Nn2cccn2)cc1. The number of benzene rings is 1. The molecule has 0 atom stereocenters. The van der Waals surface area contributed by atoms with E-state index in [1.165, 1.54) is 4.90 Å². The number of rotatable bonds is 3. The summed E-state index contributed by atoms with van der Waals surface area (Å²) < 4.78 is 0. The van der Waals surface area contributed by atoms with Crippen molar-refractivity contribution in [1.82, 2.24) is 9.89 Å². The summed E-state index contributed by atoms with van der Waals surface area (Å²) in [6.45, 7) is 0. The van der Waals surface area contributed by atoms with Crippen LogP contribution in [0.15, 0.2) is 47.6 Å². The first-order valence-electron chi connectivity index (χ1n) is 4.29. The van der Waals surface area contributed by atoms with Crippen molar-refractivity contribution < 1.29 is 0 Å². The molecule has 4 heteroatoms. The summed E-state index contributed by atoms with van der Waals surface area (Å²) in [6, 6.07) is 10.1. The maximum absolute atomic E-state index is 4.05. The van der Waals surface area contributed by atoms with Gasteiger partial charge in [-0.25, -0.2) is 0 Å². The van der Waals surface area contributed by atoms with E-state index in [0.29, 0.717) is 0 Å². The average molecular weight is 205 g/mol. The van der Waals surface area contributed by atoms with Crippen molar-refractivity contribution in [2.24, 2.45) is 0 Å². The number of nitrogens with one attached hydrogen (secondary N) is 1. The molecule has 1 aromatic heterocycles. The summed E-state index contributed by atoms with van der Waals surface area (Å²) in [4.78, 5) is 2.93. The molecule has 1 N–H and O–H groups in total. The maximum atomic E-state index is 4.05. The Morgan fingerprint density at radius 2 is 2.07 bits per heavy atom. The number of nitrogens with zero attached hydrogens (tertiary/aromatic N) is 2. The van der Waals surface area contributed by atoms with Gasteiger partial charge in [0.1, 0.15) is 0 Å². The number of hydrogen-bond acceptors (Lipinski definition) is 3. The monoisotopic (exact) mass is 205 g/mol. The van der Waals surface area contributed by atoms with Gasteiger partial charge >= 0.3 is 0 Å². The second-order valence-electron chi connectivity index (χ2n) is 2.79. The van der Waals surface area contributed by atoms with Gasteiger partial charge in [0.15, 0.2) is 0 Å². The van der Waals surface area contributed by atoms with Gasteiger partial charge in [-0.1, -0.05) is 0 Å². The van der Waals surface area contributed by atoms with Gasteiger partial charge in [0.2, 0.25) is 0 Å². The molecule has 14 heavy (non-hydrogen) atoms. The lowest BCUT2D eigenvalue weighted by atomic mass is 10.3. The van der Waals surface area contributed by atoms with E-state index >= 15 is 0 Å². The molecule has 3 nitrogen and oxygen atoms in total. The minimum absolute atomic E-state index is 1.03. The van der Waals surface area contributed by atoms with E-state index < -0.39 is 0 Å². The lowest BCUT2D eigenvalue weighted by molar-refractivity contribution is 0.803. The molecule has 0 spiro atoms. The van der Waals surface area contributed by atoms with Crippen LogP contribution >= 0.6 is 11.8 Å². The highest BCUT2D eigenvalue weighted by atomic mass is 32.2. The van der Waals surface area contributed by atoms with E-state index in [9.17, 15) is 0 Å². The van der Waals surface area contributed by atoms with Gasteiger partial charge in [0, 0.05) is 11.1 Å². The Morgan fingerprint density at radius 3 is 2.64 bits per heavy atom. The molecule has 1 heterocycles. The third kappa shape index (κ3) is 2.09. The van der Waals surface area contributed by atoms with Crippen molar-refractivity contribution in [2.45, 2.75) is 4.90 Å². The standard InChI is InChI=1S/C10H11N3S/c1-14-10-5-3-9(4-6-10)12-13-8-2-7-11-13/h2-8,12H,1H3. The first kappa shape index (κ1) is 9.15. The Labute approximate surface area is 87.1 Å². The third-order valence-corrected chi connectivity index (χ3v) is 2.58. The van der Waals surface area contributed by atoms with Gasteiger partial charge in [-0.15, -0.1) is 11.8 Å². The minimum atomic E-state index is 1.03. The van der Waals surface area contributed by atoms with E-state index in [0.717, 1.165) is 5.69 Å². The smallest absolute Gasteiger partial charge is 0.0562 e. The van der Waals surface area contributed by atoms with Crippen molar-refractivity contribution in [3.8, 4) is 0 Å². The number of hydrogen-bond donors (Lipinski definition) is 1. The molecule has 0 unspecified atom stereocenters. The molecule has 0 aliphatic carbocycles. The van der Waals surface area contributed by atoms with Gasteiger partial charge in [-0.05, 0) is 36.6 Å². The molecule has 0 saturated heterocycles. The molecule has 72 valence electrons. The van der Waals surface area contributed by atoms with Crippen LogP contribution in [0.2, 0.25) is 0 Å². The highest BCUT2D eigenvalue weighted by Gasteiger charge is 1.93. The van der Waals surface area contributed by atoms with Gasteiger partial charge in [0.25, 0.3) is 0 Å². The molecule has 1 aromatic carbocycles. The van der Waals surface area contributed by atoms with Crippen LogP contribution in [0.3, 0.4) is 0 Å². The fraction of sp³-hybridized carbons (Fsp3) is 0.100. The third-order valence-electron chi connectivity index (χ3n) is 1.84. The zero-order valence-electron chi connectivity index (χ0n) is 7.84. The van der Waals surface area contributed by atoms with E-state index in [-0.39, 0.29) is 0 Å². The zero-order chi connectivity index (χ0) is 9.80. The van der Waals surface area contributed by atoms with Crippen LogP contribution in [-0.2, 0) is 0 Å². The van der Waals surface area contributed by atoms with E-state index in [2.05, 4.69) is 28.9 Å². The molecule has 0 bridgehead atoms. The predicted octanol–water partition coefficient (Wildman–Crippen LogP) is 2.48. The second kappa shape index (κ2) is 4.19. The number of aromatic nitrogens is 2. The van der Waals surface area contributed by atoms with Gasteiger partial charge in [-0.2, -0.15) is 9.89 Å². The van der Waals surface area contributed by atoms with E-state index in [1.54, 1.807) is 22.7 Å². The average Bonchev–Trinajstić information content (AvgIpc) is 2.72. The van der Waals surface area contributed by atoms with E-state index in [4.69, 9.17) is 0 Å². The van der Waals surface area contributed by atoms with Crippen molar-refractivity contribution in [2.75, 3.05) is 11.7 Å². The molecule has 2 rings (SSSR count). The first-order chi connectivity index (χ1) is 6.88. The molecule has 0 amide bonds. The fourth-order valence-electron chi connectivity index (χ4n) is 1.13. The summed E-state index contributed by atoms with van der Waals surface area (Å²) in [6.07, 6.45) is 5.67. The molecule has 0 aliphatic heterocycles. The Bertz CT molecular complexity index is 380. The molecule has 0 saturated carbocycles. The molecule has 0 radical (unpaired) electrons. The molecule has 0 aliphatic rings. The summed E-state index contributed by atoms with van der Waals surface area (Å²) in [5, 5.41) is 4.05. The normalized spacial score (nSPS) is 10.1. The van der Waals surface area contributed by atoms with Crippen molar-refractivity contribution in [1.29, 1.82) is 0 Å². The minimum Gasteiger partial charge on any atom is -0.278 e. The highest BCUT2D eigenvalue weighted by Crippen LogP contribution is 2.17. The summed E-state index contributed by atoms with van der Waals surface area (Å²) in [5.41, 5.74) is 4.17. The maximum Gasteiger partial charge on any atom is 0.0562 e. The van der Waals surface area contributed by atoms with E-state index in [1.807, 2.05) is 24.4 Å². The Balaban J connectivity index is 2.10. The molecule has 0 fully saturated rings. The van der Waals surface area contributed by atoms with Crippen LogP contribution < -0.4 is 5.43 Å². The Kier molecular flexibility index (Phi) is 2.74. The molecular weight excluding hydrogens is 194 g/mol. The van der Waals surface area contributed by atoms with Gasteiger partial charge < -0.3 is 0 Å². The second-order valence-corrected chi connectivity index (χ2v) is 3.67. The van der Waals surface area contributed by atoms with Crippen molar-refractivity contribution in [3.63, 3.8) is 0 Å². The van der Waals surface area contributed by atoms with Crippen LogP contribution in [0.1, 0.15) is 0 Å². The number of anilines is 1. The largest absolute Gasteiger partial charge is 0.278 e. The lowest BCUT2D eigenvalue weighted by Gasteiger charge is -2.05. The lowest BCUT2D eigenvalue weighted by Crippen LogP contribution is -2.08.